The Bertz CT molecular complexity index is 463. The molecular weight excluding hydrogens is 264 g/mol. The van der Waals surface area contributed by atoms with Crippen molar-refractivity contribution in [1.29, 1.82) is 0 Å². The molecule has 0 spiro atoms. The molecule has 21 heavy (non-hydrogen) atoms. The third-order valence-electron chi connectivity index (χ3n) is 3.57. The van der Waals surface area contributed by atoms with Gasteiger partial charge in [-0.3, -0.25) is 0 Å². The summed E-state index contributed by atoms with van der Waals surface area (Å²) in [6, 6.07) is 7.92. The first-order chi connectivity index (χ1) is 10.2. The van der Waals surface area contributed by atoms with E-state index in [0.29, 0.717) is 0 Å². The average molecular weight is 290 g/mol. The van der Waals surface area contributed by atoms with Crippen LogP contribution >= 0.6 is 0 Å². The van der Waals surface area contributed by atoms with Crippen LogP contribution in [0.15, 0.2) is 30.0 Å². The Balaban J connectivity index is 2.61. The Morgan fingerprint density at radius 2 is 1.81 bits per heavy atom. The highest BCUT2D eigenvalue weighted by molar-refractivity contribution is 5.90. The van der Waals surface area contributed by atoms with Gasteiger partial charge in [0.2, 0.25) is 5.76 Å². The molecule has 0 amide bonds. The van der Waals surface area contributed by atoms with Gasteiger partial charge in [0, 0.05) is 0 Å². The molecule has 1 aromatic rings. The van der Waals surface area contributed by atoms with Crippen molar-refractivity contribution in [3.63, 3.8) is 0 Å². The van der Waals surface area contributed by atoms with E-state index >= 15 is 0 Å². The molecule has 0 aliphatic rings. The van der Waals surface area contributed by atoms with Crippen molar-refractivity contribution in [3.8, 4) is 0 Å². The molecule has 0 aromatic heterocycles. The fraction of sp³-hybridized carbons (Fsp3) is 0.500. The summed E-state index contributed by atoms with van der Waals surface area (Å²) in [6.45, 7) is 2.22. The molecule has 0 bridgehead atoms. The lowest BCUT2D eigenvalue weighted by Gasteiger charge is -2.07. The van der Waals surface area contributed by atoms with Gasteiger partial charge in [-0.05, 0) is 30.0 Å². The second kappa shape index (κ2) is 10.0. The van der Waals surface area contributed by atoms with E-state index in [-0.39, 0.29) is 5.76 Å². The number of methoxy groups -OCH3 is 1. The second-order valence-corrected chi connectivity index (χ2v) is 5.23. The van der Waals surface area contributed by atoms with Crippen LogP contribution in [-0.4, -0.2) is 18.2 Å². The highest BCUT2D eigenvalue weighted by Gasteiger charge is 2.08. The maximum absolute atomic E-state index is 11.0. The Labute approximate surface area is 127 Å². The maximum Gasteiger partial charge on any atom is 0.371 e. The largest absolute Gasteiger partial charge is 0.490 e. The number of unbranched alkanes of at least 4 members (excludes halogenated alkanes) is 5. The molecule has 1 N–H and O–H groups in total. The smallest absolute Gasteiger partial charge is 0.371 e. The number of aliphatic carboxylic acids is 1. The van der Waals surface area contributed by atoms with Crippen molar-refractivity contribution in [3.05, 3.63) is 41.2 Å². The predicted octanol–water partition coefficient (Wildman–Crippen LogP) is 4.66. The van der Waals surface area contributed by atoms with Crippen LogP contribution in [-0.2, 0) is 16.0 Å². The van der Waals surface area contributed by atoms with Crippen LogP contribution in [0.4, 0.5) is 0 Å². The number of carboxylic acid groups (broad SMARTS) is 1. The minimum atomic E-state index is -1.04. The number of hydrogen-bond acceptors (Lipinski definition) is 2. The fourth-order valence-electron chi connectivity index (χ4n) is 2.35. The zero-order valence-electron chi connectivity index (χ0n) is 13.1. The zero-order chi connectivity index (χ0) is 15.5. The van der Waals surface area contributed by atoms with Gasteiger partial charge in [-0.15, -0.1) is 0 Å². The summed E-state index contributed by atoms with van der Waals surface area (Å²) in [6.07, 6.45) is 10.1. The van der Waals surface area contributed by atoms with Crippen molar-refractivity contribution in [2.24, 2.45) is 0 Å². The number of hydrogen-bond donors (Lipinski definition) is 1. The lowest BCUT2D eigenvalue weighted by Crippen LogP contribution is -2.02. The Morgan fingerprint density at radius 3 is 2.48 bits per heavy atom. The minimum Gasteiger partial charge on any atom is -0.490 e. The maximum atomic E-state index is 11.0. The molecule has 0 aliphatic heterocycles. The zero-order valence-corrected chi connectivity index (χ0v) is 13.1. The van der Waals surface area contributed by atoms with E-state index in [9.17, 15) is 4.79 Å². The van der Waals surface area contributed by atoms with Crippen LogP contribution in [0.25, 0.3) is 6.08 Å². The monoisotopic (exact) mass is 290 g/mol. The van der Waals surface area contributed by atoms with E-state index in [1.54, 1.807) is 6.08 Å². The molecule has 0 saturated carbocycles. The summed E-state index contributed by atoms with van der Waals surface area (Å²) in [4.78, 5) is 11.0. The van der Waals surface area contributed by atoms with Crippen molar-refractivity contribution in [2.75, 3.05) is 7.11 Å². The lowest BCUT2D eigenvalue weighted by atomic mass is 10.00. The molecule has 0 heterocycles. The first-order valence-electron chi connectivity index (χ1n) is 7.76. The highest BCUT2D eigenvalue weighted by atomic mass is 16.5. The topological polar surface area (TPSA) is 46.5 Å². The van der Waals surface area contributed by atoms with Gasteiger partial charge in [-0.1, -0.05) is 63.3 Å². The van der Waals surface area contributed by atoms with Crippen LogP contribution in [0.1, 0.15) is 56.6 Å². The summed E-state index contributed by atoms with van der Waals surface area (Å²) in [7, 11) is 1.39. The number of rotatable bonds is 10. The second-order valence-electron chi connectivity index (χ2n) is 5.23. The first-order valence-corrected chi connectivity index (χ1v) is 7.76. The van der Waals surface area contributed by atoms with E-state index in [0.717, 1.165) is 18.4 Å². The van der Waals surface area contributed by atoms with Gasteiger partial charge >= 0.3 is 5.97 Å². The summed E-state index contributed by atoms with van der Waals surface area (Å²) in [5.74, 6) is -1.06. The molecule has 0 radical (unpaired) electrons. The molecule has 0 atom stereocenters. The molecule has 116 valence electrons. The fourth-order valence-corrected chi connectivity index (χ4v) is 2.35. The highest BCUT2D eigenvalue weighted by Crippen LogP contribution is 2.17. The summed E-state index contributed by atoms with van der Waals surface area (Å²) < 4.78 is 4.90. The van der Waals surface area contributed by atoms with Crippen LogP contribution < -0.4 is 0 Å². The van der Waals surface area contributed by atoms with Crippen molar-refractivity contribution in [2.45, 2.75) is 51.9 Å². The molecule has 1 aromatic carbocycles. The molecular formula is C18H26O3. The SMILES string of the molecule is CCCCCCCCc1ccccc1C=C(OC)C(=O)O. The standard InChI is InChI=1S/C18H26O3/c1-3-4-5-6-7-8-11-15-12-9-10-13-16(15)14-17(21-2)18(19)20/h9-10,12-14H,3-8,11H2,1-2H3,(H,19,20). The Morgan fingerprint density at radius 1 is 1.14 bits per heavy atom. The molecule has 0 unspecified atom stereocenters. The van der Waals surface area contributed by atoms with Gasteiger partial charge in [0.1, 0.15) is 0 Å². The van der Waals surface area contributed by atoms with Gasteiger partial charge in [0.15, 0.2) is 0 Å². The van der Waals surface area contributed by atoms with E-state index < -0.39 is 5.97 Å². The van der Waals surface area contributed by atoms with Gasteiger partial charge in [0.25, 0.3) is 0 Å². The summed E-state index contributed by atoms with van der Waals surface area (Å²) in [5, 5.41) is 9.03. The number of ether oxygens (including phenoxy) is 1. The van der Waals surface area contributed by atoms with Crippen LogP contribution in [0, 0.1) is 0 Å². The first kappa shape index (κ1) is 17.3. The van der Waals surface area contributed by atoms with Gasteiger partial charge in [-0.25, -0.2) is 4.79 Å². The molecule has 3 heteroatoms. The van der Waals surface area contributed by atoms with Crippen molar-refractivity contribution < 1.29 is 14.6 Å². The average Bonchev–Trinajstić information content (AvgIpc) is 2.49. The minimum absolute atomic E-state index is 0.0228. The van der Waals surface area contributed by atoms with Gasteiger partial charge in [0.05, 0.1) is 7.11 Å². The van der Waals surface area contributed by atoms with Crippen LogP contribution in [0.5, 0.6) is 0 Å². The predicted molar refractivity (Wildman–Crippen MR) is 86.1 cm³/mol. The Hall–Kier alpha value is -1.77. The number of carboxylic acids is 1. The number of benzene rings is 1. The lowest BCUT2D eigenvalue weighted by molar-refractivity contribution is -0.135. The van der Waals surface area contributed by atoms with Gasteiger partial charge in [-0.2, -0.15) is 0 Å². The third-order valence-corrected chi connectivity index (χ3v) is 3.57. The van der Waals surface area contributed by atoms with Crippen LogP contribution in [0.3, 0.4) is 0 Å². The van der Waals surface area contributed by atoms with Crippen molar-refractivity contribution >= 4 is 12.0 Å². The molecule has 0 aliphatic carbocycles. The Kier molecular flexibility index (Phi) is 8.25. The van der Waals surface area contributed by atoms with Crippen molar-refractivity contribution in [1.82, 2.24) is 0 Å². The quantitative estimate of drug-likeness (QED) is 0.387. The van der Waals surface area contributed by atoms with E-state index in [1.165, 1.54) is 44.8 Å². The van der Waals surface area contributed by atoms with Crippen LogP contribution in [0.2, 0.25) is 0 Å². The van der Waals surface area contributed by atoms with Gasteiger partial charge < -0.3 is 9.84 Å². The molecule has 3 nitrogen and oxygen atoms in total. The molecule has 1 rings (SSSR count). The molecule has 0 saturated heterocycles. The molecule has 0 fully saturated rings. The van der Waals surface area contributed by atoms with E-state index in [1.807, 2.05) is 18.2 Å². The summed E-state index contributed by atoms with van der Waals surface area (Å²) in [5.41, 5.74) is 2.12. The summed E-state index contributed by atoms with van der Waals surface area (Å²) >= 11 is 0. The van der Waals surface area contributed by atoms with E-state index in [4.69, 9.17) is 9.84 Å². The van der Waals surface area contributed by atoms with E-state index in [2.05, 4.69) is 13.0 Å². The number of carbonyl (C=O) groups is 1. The third kappa shape index (κ3) is 6.48. The number of aryl methyl sites for hydroxylation is 1. The normalized spacial score (nSPS) is 11.4.